The van der Waals surface area contributed by atoms with Crippen molar-refractivity contribution < 1.29 is 28.3 Å². The number of hydrogen-bond donors (Lipinski definition) is 2. The minimum atomic E-state index is -2.90. The Kier molecular flexibility index (Phi) is 5.49. The lowest BCUT2D eigenvalue weighted by molar-refractivity contribution is -0.150. The third-order valence-electron chi connectivity index (χ3n) is 3.99. The molecule has 1 heterocycles. The molecule has 2 aliphatic rings. The molecule has 0 radical (unpaired) electrons. The van der Waals surface area contributed by atoms with Gasteiger partial charge in [-0.25, -0.2) is 4.79 Å². The number of rotatable bonds is 1. The molecule has 1 fully saturated rings. The summed E-state index contributed by atoms with van der Waals surface area (Å²) >= 11 is 0. The standard InChI is InChI=1S/C17H25N3O5/c1-20-11-15(22)25-13(12-9-10-12)7-5-3-2-4-6-8-14(21)18-16(20)19-17(23)24/h2,4,12-13H,3,5-11H2,1H3,(H,23,24)(H,18,19,21)/i1D3. The zero-order valence-electron chi connectivity index (χ0n) is 16.9. The average molecular weight is 354 g/mol. The van der Waals surface area contributed by atoms with Gasteiger partial charge in [0.15, 0.2) is 0 Å². The third-order valence-corrected chi connectivity index (χ3v) is 3.99. The van der Waals surface area contributed by atoms with Crippen LogP contribution < -0.4 is 5.32 Å². The first-order chi connectivity index (χ1) is 13.2. The molecule has 1 aliphatic heterocycles. The summed E-state index contributed by atoms with van der Waals surface area (Å²) in [5.74, 6) is -1.84. The molecular formula is C17H25N3O5. The van der Waals surface area contributed by atoms with Gasteiger partial charge in [-0.1, -0.05) is 12.2 Å². The smallest absolute Gasteiger partial charge is 0.434 e. The number of aliphatic imine (C=N–C) groups is 1. The molecule has 2 N–H and O–H groups in total. The van der Waals surface area contributed by atoms with E-state index >= 15 is 0 Å². The molecular weight excluding hydrogens is 326 g/mol. The number of guanidine groups is 1. The van der Waals surface area contributed by atoms with Crippen LogP contribution in [0.25, 0.3) is 0 Å². The van der Waals surface area contributed by atoms with E-state index in [1.54, 1.807) is 0 Å². The number of cyclic esters (lactones) is 1. The summed E-state index contributed by atoms with van der Waals surface area (Å²) < 4.78 is 28.4. The van der Waals surface area contributed by atoms with Gasteiger partial charge in [0.25, 0.3) is 0 Å². The highest BCUT2D eigenvalue weighted by Gasteiger charge is 2.33. The van der Waals surface area contributed by atoms with E-state index in [0.717, 1.165) is 25.7 Å². The predicted molar refractivity (Wildman–Crippen MR) is 91.1 cm³/mol. The molecule has 0 spiro atoms. The number of likely N-dealkylation sites (N-methyl/N-ethyl adjacent to an activating group) is 1. The van der Waals surface area contributed by atoms with E-state index in [0.29, 0.717) is 17.7 Å². The van der Waals surface area contributed by atoms with Crippen molar-refractivity contribution in [2.24, 2.45) is 10.9 Å². The quantitative estimate of drug-likeness (QED) is 0.550. The molecule has 2 amide bonds. The molecule has 0 bridgehead atoms. The summed E-state index contributed by atoms with van der Waals surface area (Å²) in [6.07, 6.45) is 6.43. The lowest BCUT2D eigenvalue weighted by atomic mass is 10.1. The highest BCUT2D eigenvalue weighted by atomic mass is 16.5. The molecule has 1 atom stereocenters. The molecule has 1 saturated carbocycles. The summed E-state index contributed by atoms with van der Waals surface area (Å²) in [4.78, 5) is 39.1. The number of amides is 2. The first-order valence-electron chi connectivity index (χ1n) is 9.90. The fraction of sp³-hybridized carbons (Fsp3) is 0.647. The van der Waals surface area contributed by atoms with Crippen molar-refractivity contribution in [3.63, 3.8) is 0 Å². The second kappa shape index (κ2) is 9.19. The van der Waals surface area contributed by atoms with Crippen molar-refractivity contribution >= 4 is 23.9 Å². The number of nitrogens with zero attached hydrogens (tertiary/aromatic N) is 2. The first-order valence-corrected chi connectivity index (χ1v) is 8.40. The monoisotopic (exact) mass is 354 g/mol. The zero-order chi connectivity index (χ0) is 20.7. The normalized spacial score (nSPS) is 28.0. The minimum absolute atomic E-state index is 0.0269. The Balaban J connectivity index is 2.27. The zero-order valence-corrected chi connectivity index (χ0v) is 13.9. The van der Waals surface area contributed by atoms with E-state index in [2.05, 4.69) is 10.3 Å². The Morgan fingerprint density at radius 2 is 2.12 bits per heavy atom. The van der Waals surface area contributed by atoms with Crippen molar-refractivity contribution in [3.8, 4) is 0 Å². The Morgan fingerprint density at radius 3 is 2.80 bits per heavy atom. The number of esters is 1. The van der Waals surface area contributed by atoms with Gasteiger partial charge in [0.05, 0.1) is 0 Å². The lowest BCUT2D eigenvalue weighted by Crippen LogP contribution is -2.45. The molecule has 0 aromatic carbocycles. The van der Waals surface area contributed by atoms with Crippen molar-refractivity contribution in [2.75, 3.05) is 13.5 Å². The minimum Gasteiger partial charge on any atom is -0.463 e. The summed E-state index contributed by atoms with van der Waals surface area (Å²) in [6, 6.07) is 0. The third kappa shape index (κ3) is 6.94. The van der Waals surface area contributed by atoms with Crippen LogP contribution >= 0.6 is 0 Å². The fourth-order valence-electron chi connectivity index (χ4n) is 2.59. The Bertz CT molecular complexity index is 659. The second-order valence-electron chi connectivity index (χ2n) is 6.16. The topological polar surface area (TPSA) is 108 Å². The van der Waals surface area contributed by atoms with Crippen molar-refractivity contribution in [1.29, 1.82) is 0 Å². The number of carbonyl (C=O) groups excluding carboxylic acids is 2. The predicted octanol–water partition coefficient (Wildman–Crippen LogP) is 1.91. The van der Waals surface area contributed by atoms with Gasteiger partial charge in [0.1, 0.15) is 12.6 Å². The largest absolute Gasteiger partial charge is 0.463 e. The molecule has 8 heteroatoms. The van der Waals surface area contributed by atoms with E-state index in [-0.39, 0.29) is 18.4 Å². The van der Waals surface area contributed by atoms with Gasteiger partial charge in [-0.05, 0) is 44.4 Å². The number of nitrogens with one attached hydrogen (secondary N) is 1. The van der Waals surface area contributed by atoms with Crippen molar-refractivity contribution in [2.45, 2.75) is 51.0 Å². The van der Waals surface area contributed by atoms with E-state index in [1.807, 2.05) is 12.2 Å². The summed E-state index contributed by atoms with van der Waals surface area (Å²) in [5.41, 5.74) is 0. The van der Waals surface area contributed by atoms with Crippen LogP contribution in [0.5, 0.6) is 0 Å². The molecule has 0 aromatic heterocycles. The van der Waals surface area contributed by atoms with Gasteiger partial charge in [0.2, 0.25) is 11.9 Å². The first kappa shape index (κ1) is 14.9. The molecule has 25 heavy (non-hydrogen) atoms. The van der Waals surface area contributed by atoms with Crippen molar-refractivity contribution in [1.82, 2.24) is 10.2 Å². The summed E-state index contributed by atoms with van der Waals surface area (Å²) in [5, 5.41) is 11.2. The maximum atomic E-state index is 12.4. The Hall–Kier alpha value is -2.38. The molecule has 2 rings (SSSR count). The molecule has 1 unspecified atom stereocenters. The maximum Gasteiger partial charge on any atom is 0.434 e. The van der Waals surface area contributed by atoms with E-state index < -0.39 is 37.4 Å². The van der Waals surface area contributed by atoms with Crippen LogP contribution in [-0.2, 0) is 14.3 Å². The maximum absolute atomic E-state index is 12.4. The number of carboxylic acid groups (broad SMARTS) is 1. The van der Waals surface area contributed by atoms with E-state index in [1.165, 1.54) is 0 Å². The Morgan fingerprint density at radius 1 is 1.36 bits per heavy atom. The van der Waals surface area contributed by atoms with Crippen molar-refractivity contribution in [3.05, 3.63) is 12.2 Å². The van der Waals surface area contributed by atoms with Gasteiger partial charge < -0.3 is 14.7 Å². The molecule has 8 nitrogen and oxygen atoms in total. The van der Waals surface area contributed by atoms with Crippen LogP contribution in [0.3, 0.4) is 0 Å². The number of allylic oxidation sites excluding steroid dienone is 2. The second-order valence-corrected chi connectivity index (χ2v) is 6.16. The highest BCUT2D eigenvalue weighted by Crippen LogP contribution is 2.36. The van der Waals surface area contributed by atoms with Crippen LogP contribution in [0.4, 0.5) is 4.79 Å². The van der Waals surface area contributed by atoms with Gasteiger partial charge in [-0.2, -0.15) is 0 Å². The number of ether oxygens (including phenoxy) is 1. The van der Waals surface area contributed by atoms with Crippen LogP contribution in [0.1, 0.15) is 49.1 Å². The van der Waals surface area contributed by atoms with Crippen LogP contribution in [0, 0.1) is 5.92 Å². The number of hydrogen-bond acceptors (Lipinski definition) is 4. The SMILES string of the molecule is [2H]C([2H])([2H])N1CC(=O)OC(C2CC2)CCCC=CCCC(=O)NC1=NC(=O)O. The van der Waals surface area contributed by atoms with Crippen LogP contribution in [0.15, 0.2) is 17.1 Å². The van der Waals surface area contributed by atoms with Gasteiger partial charge >= 0.3 is 12.1 Å². The van der Waals surface area contributed by atoms with Crippen LogP contribution in [0.2, 0.25) is 0 Å². The molecule has 0 aromatic rings. The molecule has 0 saturated heterocycles. The highest BCUT2D eigenvalue weighted by molar-refractivity contribution is 6.01. The summed E-state index contributed by atoms with van der Waals surface area (Å²) in [6.45, 7) is -3.64. The van der Waals surface area contributed by atoms with Gasteiger partial charge in [-0.15, -0.1) is 4.99 Å². The van der Waals surface area contributed by atoms with E-state index in [9.17, 15) is 14.4 Å². The number of carbonyl (C=O) groups is 3. The molecule has 1 aliphatic carbocycles. The van der Waals surface area contributed by atoms with Gasteiger partial charge in [-0.3, -0.25) is 14.9 Å². The van der Waals surface area contributed by atoms with Gasteiger partial charge in [0, 0.05) is 17.5 Å². The molecule has 138 valence electrons. The van der Waals surface area contributed by atoms with E-state index in [4.69, 9.17) is 14.0 Å². The average Bonchev–Trinajstić information content (AvgIpc) is 3.40. The fourth-order valence-corrected chi connectivity index (χ4v) is 2.59. The summed E-state index contributed by atoms with van der Waals surface area (Å²) in [7, 11) is 0. The Labute approximate surface area is 151 Å². The van der Waals surface area contributed by atoms with Crippen LogP contribution in [-0.4, -0.2) is 53.6 Å². The lowest BCUT2D eigenvalue weighted by Gasteiger charge is -2.22.